The normalized spacial score (nSPS) is 10.2. The number of aromatic nitrogens is 1. The van der Waals surface area contributed by atoms with E-state index in [9.17, 15) is 9.59 Å². The van der Waals surface area contributed by atoms with Gasteiger partial charge < -0.3 is 21.1 Å². The molecule has 2 rings (SSSR count). The van der Waals surface area contributed by atoms with Crippen LogP contribution in [0.4, 0.5) is 11.4 Å². The number of thiazole rings is 1. The Labute approximate surface area is 106 Å². The Balaban J connectivity index is 2.12. The summed E-state index contributed by atoms with van der Waals surface area (Å²) in [7, 11) is 0. The van der Waals surface area contributed by atoms with Gasteiger partial charge in [-0.25, -0.2) is 4.79 Å². The molecule has 0 amide bonds. The van der Waals surface area contributed by atoms with Gasteiger partial charge in [0, 0.05) is 22.4 Å². The van der Waals surface area contributed by atoms with Crippen molar-refractivity contribution in [1.82, 2.24) is 4.98 Å². The number of carboxylic acids is 1. The lowest BCUT2D eigenvalue weighted by Gasteiger charge is -2.07. The van der Waals surface area contributed by atoms with E-state index in [0.29, 0.717) is 12.2 Å². The van der Waals surface area contributed by atoms with Crippen molar-refractivity contribution in [2.45, 2.75) is 6.54 Å². The monoisotopic (exact) mass is 265 g/mol. The molecule has 0 bridgehead atoms. The van der Waals surface area contributed by atoms with Crippen LogP contribution >= 0.6 is 11.3 Å². The van der Waals surface area contributed by atoms with Gasteiger partial charge in [-0.05, 0) is 18.2 Å². The van der Waals surface area contributed by atoms with E-state index in [4.69, 9.17) is 10.8 Å². The SMILES string of the molecule is Nc1ccc(NCc2csc(=O)[nH]2)cc1C(=O)O. The maximum Gasteiger partial charge on any atom is 0.337 e. The lowest BCUT2D eigenvalue weighted by Crippen LogP contribution is -2.06. The van der Waals surface area contributed by atoms with E-state index >= 15 is 0 Å². The second-order valence-corrected chi connectivity index (χ2v) is 4.48. The molecule has 0 spiro atoms. The molecule has 7 heteroatoms. The highest BCUT2D eigenvalue weighted by Gasteiger charge is 2.08. The molecule has 18 heavy (non-hydrogen) atoms. The first-order valence-electron chi connectivity index (χ1n) is 5.09. The number of aromatic carboxylic acids is 1. The zero-order valence-electron chi connectivity index (χ0n) is 9.27. The van der Waals surface area contributed by atoms with Crippen LogP contribution in [-0.4, -0.2) is 16.1 Å². The van der Waals surface area contributed by atoms with Gasteiger partial charge >= 0.3 is 10.8 Å². The molecule has 0 unspecified atom stereocenters. The molecule has 94 valence electrons. The standard InChI is InChI=1S/C11H11N3O3S/c12-9-2-1-6(3-8(9)10(15)16)13-4-7-5-18-11(17)14-7/h1-3,5,13H,4,12H2,(H,14,17)(H,15,16). The van der Waals surface area contributed by atoms with Crippen LogP contribution in [0.2, 0.25) is 0 Å². The first-order chi connectivity index (χ1) is 8.56. The third-order valence-electron chi connectivity index (χ3n) is 2.34. The van der Waals surface area contributed by atoms with Gasteiger partial charge in [-0.3, -0.25) is 4.79 Å². The Hall–Kier alpha value is -2.28. The molecule has 0 aliphatic rings. The fraction of sp³-hybridized carbons (Fsp3) is 0.0909. The fourth-order valence-corrected chi connectivity index (χ4v) is 2.03. The van der Waals surface area contributed by atoms with E-state index in [1.54, 1.807) is 11.4 Å². The van der Waals surface area contributed by atoms with Gasteiger partial charge in [0.15, 0.2) is 0 Å². The number of carbonyl (C=O) groups is 1. The number of carboxylic acid groups (broad SMARTS) is 1. The van der Waals surface area contributed by atoms with Crippen molar-refractivity contribution >= 4 is 28.7 Å². The number of hydrogen-bond donors (Lipinski definition) is 4. The quantitative estimate of drug-likeness (QED) is 0.624. The summed E-state index contributed by atoms with van der Waals surface area (Å²) in [6, 6.07) is 4.68. The van der Waals surface area contributed by atoms with Crippen LogP contribution in [0.1, 0.15) is 16.1 Å². The Bertz CT molecular complexity index is 632. The van der Waals surface area contributed by atoms with Crippen molar-refractivity contribution in [1.29, 1.82) is 0 Å². The van der Waals surface area contributed by atoms with E-state index < -0.39 is 5.97 Å². The summed E-state index contributed by atoms with van der Waals surface area (Å²) in [5, 5.41) is 13.7. The van der Waals surface area contributed by atoms with Gasteiger partial charge in [0.05, 0.1) is 12.1 Å². The summed E-state index contributed by atoms with van der Waals surface area (Å²) >= 11 is 1.08. The van der Waals surface area contributed by atoms with Gasteiger partial charge in [-0.15, -0.1) is 0 Å². The molecule has 0 aliphatic heterocycles. The number of rotatable bonds is 4. The highest BCUT2D eigenvalue weighted by Crippen LogP contribution is 2.18. The molecule has 1 heterocycles. The van der Waals surface area contributed by atoms with Crippen molar-refractivity contribution in [3.05, 3.63) is 44.5 Å². The number of anilines is 2. The van der Waals surface area contributed by atoms with Crippen LogP contribution in [-0.2, 0) is 6.54 Å². The minimum absolute atomic E-state index is 0.0545. The maximum atomic E-state index is 10.9. The molecule has 0 aliphatic carbocycles. The number of nitrogens with two attached hydrogens (primary N) is 1. The zero-order chi connectivity index (χ0) is 13.1. The van der Waals surface area contributed by atoms with Crippen LogP contribution in [0, 0.1) is 0 Å². The number of benzene rings is 1. The minimum atomic E-state index is -1.07. The van der Waals surface area contributed by atoms with Gasteiger partial charge in [-0.1, -0.05) is 11.3 Å². The Morgan fingerprint density at radius 2 is 2.28 bits per heavy atom. The van der Waals surface area contributed by atoms with Crippen molar-refractivity contribution in [2.24, 2.45) is 0 Å². The third-order valence-corrected chi connectivity index (χ3v) is 3.06. The molecule has 0 radical (unpaired) electrons. The van der Waals surface area contributed by atoms with Crippen LogP contribution in [0.25, 0.3) is 0 Å². The number of H-pyrrole nitrogens is 1. The van der Waals surface area contributed by atoms with Gasteiger partial charge in [0.25, 0.3) is 0 Å². The molecule has 0 saturated carbocycles. The lowest BCUT2D eigenvalue weighted by atomic mass is 10.1. The average Bonchev–Trinajstić information content (AvgIpc) is 2.74. The van der Waals surface area contributed by atoms with Crippen molar-refractivity contribution in [3.8, 4) is 0 Å². The fourth-order valence-electron chi connectivity index (χ4n) is 1.45. The summed E-state index contributed by atoms with van der Waals surface area (Å²) in [6.45, 7) is 0.418. The zero-order valence-corrected chi connectivity index (χ0v) is 10.1. The van der Waals surface area contributed by atoms with Crippen LogP contribution < -0.4 is 15.9 Å². The summed E-state index contributed by atoms with van der Waals surface area (Å²) < 4.78 is 0. The van der Waals surface area contributed by atoms with Crippen LogP contribution in [0.15, 0.2) is 28.4 Å². The predicted molar refractivity (Wildman–Crippen MR) is 70.1 cm³/mol. The maximum absolute atomic E-state index is 10.9. The summed E-state index contributed by atoms with van der Waals surface area (Å²) in [5.41, 5.74) is 7.20. The first kappa shape index (κ1) is 12.2. The molecule has 0 fully saturated rings. The van der Waals surface area contributed by atoms with E-state index in [1.807, 2.05) is 0 Å². The first-order valence-corrected chi connectivity index (χ1v) is 5.97. The second kappa shape index (κ2) is 4.92. The van der Waals surface area contributed by atoms with E-state index in [0.717, 1.165) is 17.0 Å². The van der Waals surface area contributed by atoms with E-state index in [2.05, 4.69) is 10.3 Å². The molecule has 2 aromatic rings. The summed E-state index contributed by atoms with van der Waals surface area (Å²) in [5.74, 6) is -1.07. The average molecular weight is 265 g/mol. The molecular formula is C11H11N3O3S. The number of aromatic amines is 1. The predicted octanol–water partition coefficient (Wildman–Crippen LogP) is 1.33. The topological polar surface area (TPSA) is 108 Å². The molecule has 6 nitrogen and oxygen atoms in total. The lowest BCUT2D eigenvalue weighted by molar-refractivity contribution is 0.0698. The van der Waals surface area contributed by atoms with E-state index in [-0.39, 0.29) is 16.1 Å². The molecule has 5 N–H and O–H groups in total. The van der Waals surface area contributed by atoms with Crippen molar-refractivity contribution in [3.63, 3.8) is 0 Å². The van der Waals surface area contributed by atoms with Crippen LogP contribution in [0.3, 0.4) is 0 Å². The molecular weight excluding hydrogens is 254 g/mol. The summed E-state index contributed by atoms with van der Waals surface area (Å²) in [4.78, 5) is 24.4. The molecule has 1 aromatic carbocycles. The van der Waals surface area contributed by atoms with Gasteiger partial charge in [0.1, 0.15) is 0 Å². The number of hydrogen-bond acceptors (Lipinski definition) is 5. The van der Waals surface area contributed by atoms with Gasteiger partial charge in [0.2, 0.25) is 0 Å². The van der Waals surface area contributed by atoms with Crippen molar-refractivity contribution < 1.29 is 9.90 Å². The van der Waals surface area contributed by atoms with Crippen LogP contribution in [0.5, 0.6) is 0 Å². The smallest absolute Gasteiger partial charge is 0.337 e. The molecule has 0 saturated heterocycles. The second-order valence-electron chi connectivity index (χ2n) is 3.63. The van der Waals surface area contributed by atoms with Crippen molar-refractivity contribution in [2.75, 3.05) is 11.1 Å². The highest BCUT2D eigenvalue weighted by molar-refractivity contribution is 7.07. The Morgan fingerprint density at radius 3 is 2.89 bits per heavy atom. The highest BCUT2D eigenvalue weighted by atomic mass is 32.1. The number of nitrogens with one attached hydrogen (secondary N) is 2. The Morgan fingerprint density at radius 1 is 1.50 bits per heavy atom. The minimum Gasteiger partial charge on any atom is -0.478 e. The molecule has 1 aromatic heterocycles. The largest absolute Gasteiger partial charge is 0.478 e. The third kappa shape index (κ3) is 2.69. The van der Waals surface area contributed by atoms with E-state index in [1.165, 1.54) is 12.1 Å². The Kier molecular flexibility index (Phi) is 3.33. The summed E-state index contributed by atoms with van der Waals surface area (Å²) in [6.07, 6.45) is 0. The molecule has 0 atom stereocenters. The number of nitrogen functional groups attached to an aromatic ring is 1. The van der Waals surface area contributed by atoms with Gasteiger partial charge in [-0.2, -0.15) is 0 Å².